The van der Waals surface area contributed by atoms with E-state index < -0.39 is 0 Å². The van der Waals surface area contributed by atoms with Crippen molar-refractivity contribution in [2.45, 2.75) is 26.0 Å². The molecule has 0 saturated heterocycles. The van der Waals surface area contributed by atoms with Crippen molar-refractivity contribution in [2.24, 2.45) is 5.73 Å². The molecule has 0 spiro atoms. The molecule has 0 amide bonds. The normalized spacial score (nSPS) is 11.8. The van der Waals surface area contributed by atoms with Gasteiger partial charge in [0.05, 0.1) is 18.8 Å². The van der Waals surface area contributed by atoms with Gasteiger partial charge in [-0.25, -0.2) is 0 Å². The van der Waals surface area contributed by atoms with Crippen LogP contribution in [0.15, 0.2) is 66.9 Å². The van der Waals surface area contributed by atoms with Crippen LogP contribution < -0.4 is 15.2 Å². The lowest BCUT2D eigenvalue weighted by molar-refractivity contribution is 0.283. The summed E-state index contributed by atoms with van der Waals surface area (Å²) in [5.74, 6) is 1.44. The topological polar surface area (TPSA) is 57.4 Å². The van der Waals surface area contributed by atoms with E-state index in [-0.39, 0.29) is 6.04 Å². The Morgan fingerprint density at radius 2 is 1.81 bits per heavy atom. The summed E-state index contributed by atoms with van der Waals surface area (Å²) in [7, 11) is 1.65. The van der Waals surface area contributed by atoms with E-state index in [0.717, 1.165) is 22.6 Å². The van der Waals surface area contributed by atoms with E-state index in [1.807, 2.05) is 48.5 Å². The number of aromatic nitrogens is 1. The average Bonchev–Trinajstić information content (AvgIpc) is 2.68. The molecule has 1 unspecified atom stereocenters. The third-order valence-corrected chi connectivity index (χ3v) is 4.40. The van der Waals surface area contributed by atoms with Crippen molar-refractivity contribution in [1.29, 1.82) is 0 Å². The monoisotopic (exact) mass is 348 g/mol. The SMILES string of the molecule is COc1cc(CC(N)c2ccccn2)ccc1OCc1ccccc1C. The van der Waals surface area contributed by atoms with Gasteiger partial charge in [-0.15, -0.1) is 0 Å². The van der Waals surface area contributed by atoms with E-state index in [1.165, 1.54) is 5.56 Å². The molecule has 0 fully saturated rings. The molecule has 2 N–H and O–H groups in total. The first-order chi connectivity index (χ1) is 12.7. The zero-order valence-electron chi connectivity index (χ0n) is 15.2. The van der Waals surface area contributed by atoms with Gasteiger partial charge < -0.3 is 15.2 Å². The Labute approximate surface area is 154 Å². The van der Waals surface area contributed by atoms with Gasteiger partial charge >= 0.3 is 0 Å². The van der Waals surface area contributed by atoms with Gasteiger partial charge in [-0.3, -0.25) is 4.98 Å². The van der Waals surface area contributed by atoms with Gasteiger partial charge in [-0.1, -0.05) is 36.4 Å². The number of benzene rings is 2. The second kappa shape index (κ2) is 8.50. The number of nitrogens with two attached hydrogens (primary N) is 1. The van der Waals surface area contributed by atoms with E-state index in [4.69, 9.17) is 15.2 Å². The summed E-state index contributed by atoms with van der Waals surface area (Å²) < 4.78 is 11.5. The zero-order valence-corrected chi connectivity index (χ0v) is 15.2. The average molecular weight is 348 g/mol. The van der Waals surface area contributed by atoms with Crippen molar-refractivity contribution in [3.8, 4) is 11.5 Å². The minimum Gasteiger partial charge on any atom is -0.493 e. The lowest BCUT2D eigenvalue weighted by Gasteiger charge is -2.15. The first-order valence-corrected chi connectivity index (χ1v) is 8.68. The van der Waals surface area contributed by atoms with Crippen molar-refractivity contribution >= 4 is 0 Å². The van der Waals surface area contributed by atoms with Gasteiger partial charge in [-0.2, -0.15) is 0 Å². The largest absolute Gasteiger partial charge is 0.493 e. The van der Waals surface area contributed by atoms with Crippen molar-refractivity contribution in [2.75, 3.05) is 7.11 Å². The molecular formula is C22H24N2O2. The molecular weight excluding hydrogens is 324 g/mol. The van der Waals surface area contributed by atoms with Crippen molar-refractivity contribution < 1.29 is 9.47 Å². The van der Waals surface area contributed by atoms with Crippen LogP contribution in [0.1, 0.15) is 28.4 Å². The predicted molar refractivity (Wildman–Crippen MR) is 103 cm³/mol. The number of nitrogens with zero attached hydrogens (tertiary/aromatic N) is 1. The smallest absolute Gasteiger partial charge is 0.161 e. The molecule has 0 bridgehead atoms. The Morgan fingerprint density at radius 1 is 1.00 bits per heavy atom. The molecule has 2 aromatic carbocycles. The fourth-order valence-electron chi connectivity index (χ4n) is 2.84. The molecule has 3 aromatic rings. The highest BCUT2D eigenvalue weighted by Gasteiger charge is 2.12. The van der Waals surface area contributed by atoms with Crippen molar-refractivity contribution in [1.82, 2.24) is 4.98 Å². The maximum atomic E-state index is 6.27. The van der Waals surface area contributed by atoms with Gasteiger partial charge in [0.15, 0.2) is 11.5 Å². The summed E-state index contributed by atoms with van der Waals surface area (Å²) >= 11 is 0. The summed E-state index contributed by atoms with van der Waals surface area (Å²) in [5, 5.41) is 0. The Hall–Kier alpha value is -2.85. The number of hydrogen-bond acceptors (Lipinski definition) is 4. The van der Waals surface area contributed by atoms with Crippen LogP contribution in [0.25, 0.3) is 0 Å². The number of methoxy groups -OCH3 is 1. The molecule has 1 atom stereocenters. The lowest BCUT2D eigenvalue weighted by Crippen LogP contribution is -2.14. The first kappa shape index (κ1) is 18.0. The van der Waals surface area contributed by atoms with E-state index >= 15 is 0 Å². The van der Waals surface area contributed by atoms with E-state index in [9.17, 15) is 0 Å². The van der Waals surface area contributed by atoms with Crippen LogP contribution in [0.3, 0.4) is 0 Å². The second-order valence-electron chi connectivity index (χ2n) is 6.27. The molecule has 1 aromatic heterocycles. The van der Waals surface area contributed by atoms with E-state index in [2.05, 4.69) is 24.0 Å². The number of hydrogen-bond donors (Lipinski definition) is 1. The van der Waals surface area contributed by atoms with E-state index in [1.54, 1.807) is 13.3 Å². The molecule has 0 saturated carbocycles. The van der Waals surface area contributed by atoms with Gasteiger partial charge in [0.1, 0.15) is 6.61 Å². The Morgan fingerprint density at radius 3 is 2.54 bits per heavy atom. The Bertz CT molecular complexity index is 850. The zero-order chi connectivity index (χ0) is 18.4. The number of ether oxygens (including phenoxy) is 2. The minimum atomic E-state index is -0.153. The molecule has 134 valence electrons. The second-order valence-corrected chi connectivity index (χ2v) is 6.27. The van der Waals surface area contributed by atoms with E-state index in [0.29, 0.717) is 18.8 Å². The Kier molecular flexibility index (Phi) is 5.87. The summed E-state index contributed by atoms with van der Waals surface area (Å²) in [6.07, 6.45) is 2.45. The predicted octanol–water partition coefficient (Wildman–Crippen LogP) is 4.22. The molecule has 4 heteroatoms. The van der Waals surface area contributed by atoms with Crippen LogP contribution in [-0.4, -0.2) is 12.1 Å². The molecule has 3 rings (SSSR count). The van der Waals surface area contributed by atoms with Gasteiger partial charge in [-0.05, 0) is 54.3 Å². The highest BCUT2D eigenvalue weighted by atomic mass is 16.5. The number of pyridine rings is 1. The highest BCUT2D eigenvalue weighted by Crippen LogP contribution is 2.30. The fraction of sp³-hybridized carbons (Fsp3) is 0.227. The van der Waals surface area contributed by atoms with Gasteiger partial charge in [0.2, 0.25) is 0 Å². The van der Waals surface area contributed by atoms with Crippen LogP contribution in [0.4, 0.5) is 0 Å². The summed E-state index contributed by atoms with van der Waals surface area (Å²) in [6.45, 7) is 2.59. The quantitative estimate of drug-likeness (QED) is 0.694. The molecule has 0 aliphatic rings. The number of rotatable bonds is 7. The van der Waals surface area contributed by atoms with Crippen LogP contribution >= 0.6 is 0 Å². The summed E-state index contributed by atoms with van der Waals surface area (Å²) in [6, 6.07) is 19.8. The minimum absolute atomic E-state index is 0.153. The number of aryl methyl sites for hydroxylation is 1. The lowest BCUT2D eigenvalue weighted by atomic mass is 10.0. The standard InChI is InChI=1S/C22H24N2O2/c1-16-7-3-4-8-18(16)15-26-21-11-10-17(14-22(21)25-2)13-19(23)20-9-5-6-12-24-20/h3-12,14,19H,13,15,23H2,1-2H3. The summed E-state index contributed by atoms with van der Waals surface area (Å²) in [4.78, 5) is 4.33. The van der Waals surface area contributed by atoms with Crippen LogP contribution in [0, 0.1) is 6.92 Å². The van der Waals surface area contributed by atoms with Crippen molar-refractivity contribution in [3.63, 3.8) is 0 Å². The van der Waals surface area contributed by atoms with Crippen molar-refractivity contribution in [3.05, 3.63) is 89.2 Å². The van der Waals surface area contributed by atoms with Gasteiger partial charge in [0.25, 0.3) is 0 Å². The molecule has 0 radical (unpaired) electrons. The van der Waals surface area contributed by atoms with Crippen LogP contribution in [-0.2, 0) is 13.0 Å². The molecule has 1 heterocycles. The fourth-order valence-corrected chi connectivity index (χ4v) is 2.84. The molecule has 0 aliphatic heterocycles. The third-order valence-electron chi connectivity index (χ3n) is 4.40. The highest BCUT2D eigenvalue weighted by molar-refractivity contribution is 5.43. The molecule has 26 heavy (non-hydrogen) atoms. The van der Waals surface area contributed by atoms with Crippen LogP contribution in [0.5, 0.6) is 11.5 Å². The molecule has 0 aliphatic carbocycles. The first-order valence-electron chi connectivity index (χ1n) is 8.68. The maximum absolute atomic E-state index is 6.27. The molecule has 4 nitrogen and oxygen atoms in total. The third kappa shape index (κ3) is 4.41. The maximum Gasteiger partial charge on any atom is 0.161 e. The van der Waals surface area contributed by atoms with Gasteiger partial charge in [0, 0.05) is 6.20 Å². The summed E-state index contributed by atoms with van der Waals surface area (Å²) in [5.41, 5.74) is 10.6. The van der Waals surface area contributed by atoms with Crippen LogP contribution in [0.2, 0.25) is 0 Å². The Balaban J connectivity index is 1.70.